The number of rotatable bonds is 0. The van der Waals surface area contributed by atoms with Gasteiger partial charge in [-0.3, -0.25) is 0 Å². The Morgan fingerprint density at radius 2 is 0.688 bits per heavy atom. The quantitative estimate of drug-likeness (QED) is 0.474. The molecule has 16 heavy (non-hydrogen) atoms. The van der Waals surface area contributed by atoms with E-state index in [0.717, 1.165) is 38.5 Å². The highest BCUT2D eigenvalue weighted by Gasteiger charge is 2.25. The molecule has 2 rings (SSSR count). The summed E-state index contributed by atoms with van der Waals surface area (Å²) in [6.45, 7) is 0. The van der Waals surface area contributed by atoms with Gasteiger partial charge in [-0.25, -0.2) is 0 Å². The van der Waals surface area contributed by atoms with Gasteiger partial charge in [0.05, 0.1) is 0 Å². The van der Waals surface area contributed by atoms with Crippen LogP contribution in [0.25, 0.3) is 0 Å². The highest BCUT2D eigenvalue weighted by atomic mass is 16.5. The summed E-state index contributed by atoms with van der Waals surface area (Å²) in [6.07, 6.45) is 8.42. The molecule has 4 nitrogen and oxygen atoms in total. The normalized spacial score (nSPS) is 27.8. The fourth-order valence-corrected chi connectivity index (χ4v) is 2.24. The predicted octanol–water partition coefficient (Wildman–Crippen LogP) is 1.26. The highest BCUT2D eigenvalue weighted by Crippen LogP contribution is 2.25. The highest BCUT2D eigenvalue weighted by molar-refractivity contribution is 4.70. The molecule has 2 aliphatic rings. The molecule has 0 bridgehead atoms. The molecule has 0 amide bonds. The first kappa shape index (κ1) is 13.9. The van der Waals surface area contributed by atoms with Crippen molar-refractivity contribution in [1.29, 1.82) is 0 Å². The van der Waals surface area contributed by atoms with Crippen LogP contribution in [-0.4, -0.2) is 32.0 Å². The zero-order chi connectivity index (χ0) is 12.1. The second-order valence-electron chi connectivity index (χ2n) is 5.09. The summed E-state index contributed by atoms with van der Waals surface area (Å²) < 4.78 is 0. The molecule has 0 radical (unpaired) electrons. The van der Waals surface area contributed by atoms with Gasteiger partial charge in [-0.2, -0.15) is 0 Å². The summed E-state index contributed by atoms with van der Waals surface area (Å²) in [4.78, 5) is 0. The van der Waals surface area contributed by atoms with Gasteiger partial charge in [0.25, 0.3) is 0 Å². The van der Waals surface area contributed by atoms with Crippen LogP contribution in [0.15, 0.2) is 0 Å². The van der Waals surface area contributed by atoms with Crippen LogP contribution in [-0.2, 0) is 0 Å². The molecule has 0 aromatic carbocycles. The first-order valence-electron chi connectivity index (χ1n) is 6.31. The Morgan fingerprint density at radius 3 is 0.812 bits per heavy atom. The Labute approximate surface area is 96.9 Å². The van der Waals surface area contributed by atoms with E-state index >= 15 is 0 Å². The van der Waals surface area contributed by atoms with Gasteiger partial charge in [0, 0.05) is 25.7 Å². The van der Waals surface area contributed by atoms with E-state index in [1.165, 1.54) is 0 Å². The average Bonchev–Trinajstić information content (AvgIpc) is 2.17. The Morgan fingerprint density at radius 1 is 0.438 bits per heavy atom. The third kappa shape index (κ3) is 5.80. The molecule has 4 heteroatoms. The lowest BCUT2D eigenvalue weighted by molar-refractivity contribution is -0.180. The van der Waals surface area contributed by atoms with Crippen molar-refractivity contribution >= 4 is 0 Å². The maximum atomic E-state index is 8.93. The van der Waals surface area contributed by atoms with E-state index < -0.39 is 11.6 Å². The van der Waals surface area contributed by atoms with Crippen molar-refractivity contribution in [3.05, 3.63) is 0 Å². The fraction of sp³-hybridized carbons (Fsp3) is 1.00. The average molecular weight is 232 g/mol. The topological polar surface area (TPSA) is 80.9 Å². The summed E-state index contributed by atoms with van der Waals surface area (Å²) in [5.41, 5.74) is 0. The molecule has 2 aliphatic carbocycles. The lowest BCUT2D eigenvalue weighted by Gasteiger charge is -2.25. The third-order valence-corrected chi connectivity index (χ3v) is 3.31. The molecule has 96 valence electrons. The van der Waals surface area contributed by atoms with Crippen molar-refractivity contribution in [1.82, 2.24) is 0 Å². The van der Waals surface area contributed by atoms with Crippen LogP contribution < -0.4 is 0 Å². The van der Waals surface area contributed by atoms with Crippen LogP contribution in [0.4, 0.5) is 0 Å². The monoisotopic (exact) mass is 232 g/mol. The Hall–Kier alpha value is -0.160. The Kier molecular flexibility index (Phi) is 5.18. The summed E-state index contributed by atoms with van der Waals surface area (Å²) >= 11 is 0. The van der Waals surface area contributed by atoms with Crippen molar-refractivity contribution in [2.75, 3.05) is 0 Å². The van der Waals surface area contributed by atoms with Gasteiger partial charge in [0.2, 0.25) is 0 Å². The lowest BCUT2D eigenvalue weighted by atomic mass is 9.95. The predicted molar refractivity (Wildman–Crippen MR) is 60.5 cm³/mol. The van der Waals surface area contributed by atoms with Crippen molar-refractivity contribution < 1.29 is 20.4 Å². The van der Waals surface area contributed by atoms with E-state index in [9.17, 15) is 0 Å². The lowest BCUT2D eigenvalue weighted by Crippen LogP contribution is -2.30. The van der Waals surface area contributed by atoms with Gasteiger partial charge in [0.1, 0.15) is 0 Å². The molecule has 0 aromatic heterocycles. The number of hydrogen-bond acceptors (Lipinski definition) is 4. The first-order valence-corrected chi connectivity index (χ1v) is 6.31. The molecule has 4 N–H and O–H groups in total. The van der Waals surface area contributed by atoms with Crippen LogP contribution in [0.1, 0.15) is 64.2 Å². The zero-order valence-corrected chi connectivity index (χ0v) is 9.86. The van der Waals surface area contributed by atoms with Crippen LogP contribution in [0.3, 0.4) is 0 Å². The minimum absolute atomic E-state index is 0.562. The van der Waals surface area contributed by atoms with Gasteiger partial charge in [0.15, 0.2) is 11.6 Å². The summed E-state index contributed by atoms with van der Waals surface area (Å²) in [6, 6.07) is 0. The minimum Gasteiger partial charge on any atom is -0.366 e. The molecule has 0 aliphatic heterocycles. The van der Waals surface area contributed by atoms with Crippen LogP contribution >= 0.6 is 0 Å². The van der Waals surface area contributed by atoms with Crippen molar-refractivity contribution in [2.45, 2.75) is 75.8 Å². The van der Waals surface area contributed by atoms with Crippen molar-refractivity contribution in [3.63, 3.8) is 0 Å². The van der Waals surface area contributed by atoms with Gasteiger partial charge in [-0.1, -0.05) is 12.8 Å². The van der Waals surface area contributed by atoms with Crippen LogP contribution in [0, 0.1) is 0 Å². The molecule has 0 saturated heterocycles. The molecular weight excluding hydrogens is 208 g/mol. The number of aliphatic hydroxyl groups is 4. The molecule has 0 aromatic rings. The smallest absolute Gasteiger partial charge is 0.162 e. The van der Waals surface area contributed by atoms with E-state index in [-0.39, 0.29) is 0 Å². The van der Waals surface area contributed by atoms with Crippen LogP contribution in [0.5, 0.6) is 0 Å². The van der Waals surface area contributed by atoms with Crippen molar-refractivity contribution in [2.24, 2.45) is 0 Å². The minimum atomic E-state index is -1.32. The van der Waals surface area contributed by atoms with E-state index in [1.807, 2.05) is 0 Å². The second kappa shape index (κ2) is 5.96. The van der Waals surface area contributed by atoms with E-state index in [4.69, 9.17) is 20.4 Å². The maximum Gasteiger partial charge on any atom is 0.162 e. The molecule has 0 unspecified atom stereocenters. The van der Waals surface area contributed by atoms with E-state index in [1.54, 1.807) is 0 Å². The Bertz CT molecular complexity index is 163. The van der Waals surface area contributed by atoms with E-state index in [0.29, 0.717) is 25.7 Å². The summed E-state index contributed by atoms with van der Waals surface area (Å²) in [7, 11) is 0. The first-order chi connectivity index (χ1) is 7.41. The Balaban J connectivity index is 0.000000160. The third-order valence-electron chi connectivity index (χ3n) is 3.31. The standard InChI is InChI=1S/2C6H12O2/c2*7-6(8)4-2-1-3-5-6/h2*7-8H,1-5H2. The molecule has 2 saturated carbocycles. The van der Waals surface area contributed by atoms with Gasteiger partial charge in [-0.05, 0) is 25.7 Å². The number of hydrogen-bond donors (Lipinski definition) is 4. The second-order valence-corrected chi connectivity index (χ2v) is 5.09. The van der Waals surface area contributed by atoms with Gasteiger partial charge in [-0.15, -0.1) is 0 Å². The zero-order valence-electron chi connectivity index (χ0n) is 9.86. The molecule has 0 heterocycles. The maximum absolute atomic E-state index is 8.93. The van der Waals surface area contributed by atoms with Crippen LogP contribution in [0.2, 0.25) is 0 Å². The fourth-order valence-electron chi connectivity index (χ4n) is 2.24. The van der Waals surface area contributed by atoms with Gasteiger partial charge < -0.3 is 20.4 Å². The largest absolute Gasteiger partial charge is 0.366 e. The van der Waals surface area contributed by atoms with E-state index in [2.05, 4.69) is 0 Å². The summed E-state index contributed by atoms with van der Waals surface area (Å²) in [5.74, 6) is -2.64. The molecule has 2 fully saturated rings. The molecule has 0 spiro atoms. The van der Waals surface area contributed by atoms with Gasteiger partial charge >= 0.3 is 0 Å². The SMILES string of the molecule is OC1(O)CCCCC1.OC1(O)CCCCC1. The summed E-state index contributed by atoms with van der Waals surface area (Å²) in [5, 5.41) is 35.7. The van der Waals surface area contributed by atoms with Crippen molar-refractivity contribution in [3.8, 4) is 0 Å². The molecule has 0 atom stereocenters. The molecular formula is C12H24O4.